The number of benzene rings is 2. The molecule has 3 rings (SSSR count). The third kappa shape index (κ3) is 5.46. The third-order valence-electron chi connectivity index (χ3n) is 5.27. The van der Waals surface area contributed by atoms with Gasteiger partial charge in [-0.15, -0.1) is 0 Å². The lowest BCUT2D eigenvalue weighted by molar-refractivity contribution is -0.127. The largest absolute Gasteiger partial charge is 0.438 e. The molecule has 170 valence electrons. The van der Waals surface area contributed by atoms with E-state index in [1.807, 2.05) is 58.9 Å². The van der Waals surface area contributed by atoms with Gasteiger partial charge in [-0.25, -0.2) is 4.79 Å². The fraction of sp³-hybridized carbons (Fsp3) is 0.400. The number of anilines is 1. The molecule has 0 radical (unpaired) electrons. The number of cyclic esters (lactones) is 1. The Balaban J connectivity index is 1.91. The van der Waals surface area contributed by atoms with Gasteiger partial charge < -0.3 is 15.4 Å². The normalized spacial score (nSPS) is 18.1. The molecule has 2 aromatic rings. The molecule has 3 amide bonds. The summed E-state index contributed by atoms with van der Waals surface area (Å²) < 4.78 is 5.69. The van der Waals surface area contributed by atoms with E-state index in [0.717, 1.165) is 11.1 Å². The first-order valence-electron chi connectivity index (χ1n) is 10.9. The Hall–Kier alpha value is -3.35. The van der Waals surface area contributed by atoms with Crippen molar-refractivity contribution in [3.05, 3.63) is 65.2 Å². The summed E-state index contributed by atoms with van der Waals surface area (Å²) in [7, 11) is 0. The number of hydrogen-bond acceptors (Lipinski definition) is 4. The number of nitrogens with zero attached hydrogens (tertiary/aromatic N) is 1. The lowest BCUT2D eigenvalue weighted by Gasteiger charge is -2.25. The van der Waals surface area contributed by atoms with Crippen molar-refractivity contribution in [3.8, 4) is 0 Å². The average Bonchev–Trinajstić information content (AvgIpc) is 3.05. The highest BCUT2D eigenvalue weighted by Crippen LogP contribution is 2.35. The van der Waals surface area contributed by atoms with Crippen LogP contribution in [0.15, 0.2) is 48.5 Å². The van der Waals surface area contributed by atoms with Crippen LogP contribution in [-0.4, -0.2) is 34.9 Å². The molecule has 32 heavy (non-hydrogen) atoms. The maximum atomic E-state index is 13.1. The lowest BCUT2D eigenvalue weighted by Crippen LogP contribution is -2.48. The van der Waals surface area contributed by atoms with Gasteiger partial charge in [0.05, 0.1) is 6.54 Å². The number of aryl methyl sites for hydroxylation is 1. The second kappa shape index (κ2) is 9.85. The standard InChI is InChI=1S/C25H31N3O4/c1-15(2)23(29)27-20-8-6-7-19(13-20)22-21(24(30)26-16(3)4)28(25(31)32-22)14-18-11-9-17(5)10-12-18/h6-13,15-16,21-22H,14H2,1-5H3,(H,26,30)(H,27,29)/t21-,22+/m1/s1. The quantitative estimate of drug-likeness (QED) is 0.680. The summed E-state index contributed by atoms with van der Waals surface area (Å²) in [5, 5.41) is 5.76. The van der Waals surface area contributed by atoms with Crippen molar-refractivity contribution in [2.24, 2.45) is 5.92 Å². The monoisotopic (exact) mass is 437 g/mol. The highest BCUT2D eigenvalue weighted by Gasteiger charge is 2.47. The molecule has 1 aliphatic heterocycles. The molecule has 1 fully saturated rings. The first kappa shape index (κ1) is 23.3. The number of rotatable bonds is 7. The van der Waals surface area contributed by atoms with Crippen molar-refractivity contribution >= 4 is 23.6 Å². The molecule has 0 aliphatic carbocycles. The van der Waals surface area contributed by atoms with Gasteiger partial charge in [-0.2, -0.15) is 0 Å². The average molecular weight is 438 g/mol. The van der Waals surface area contributed by atoms with E-state index in [1.165, 1.54) is 4.90 Å². The highest BCUT2D eigenvalue weighted by molar-refractivity contribution is 5.92. The van der Waals surface area contributed by atoms with E-state index in [-0.39, 0.29) is 30.3 Å². The molecule has 0 bridgehead atoms. The van der Waals surface area contributed by atoms with Crippen LogP contribution >= 0.6 is 0 Å². The molecular weight excluding hydrogens is 406 g/mol. The van der Waals surface area contributed by atoms with Crippen LogP contribution in [0.4, 0.5) is 10.5 Å². The smallest absolute Gasteiger partial charge is 0.411 e. The molecule has 7 heteroatoms. The predicted molar refractivity (Wildman–Crippen MR) is 123 cm³/mol. The van der Waals surface area contributed by atoms with Gasteiger partial charge in [-0.1, -0.05) is 55.8 Å². The van der Waals surface area contributed by atoms with Crippen molar-refractivity contribution in [2.75, 3.05) is 5.32 Å². The van der Waals surface area contributed by atoms with E-state index in [9.17, 15) is 14.4 Å². The van der Waals surface area contributed by atoms with Crippen LogP contribution in [-0.2, 0) is 20.9 Å². The summed E-state index contributed by atoms with van der Waals surface area (Å²) in [5.74, 6) is -0.558. The first-order chi connectivity index (χ1) is 15.2. The van der Waals surface area contributed by atoms with Gasteiger partial charge >= 0.3 is 6.09 Å². The van der Waals surface area contributed by atoms with Gasteiger partial charge in [0.25, 0.3) is 0 Å². The fourth-order valence-corrected chi connectivity index (χ4v) is 3.55. The van der Waals surface area contributed by atoms with Gasteiger partial charge in [0, 0.05) is 17.6 Å². The van der Waals surface area contributed by atoms with Gasteiger partial charge in [0.1, 0.15) is 0 Å². The second-order valence-electron chi connectivity index (χ2n) is 8.80. The molecule has 2 N–H and O–H groups in total. The molecule has 2 aromatic carbocycles. The Morgan fingerprint density at radius 3 is 2.38 bits per heavy atom. The van der Waals surface area contributed by atoms with Crippen LogP contribution in [0.25, 0.3) is 0 Å². The summed E-state index contributed by atoms with van der Waals surface area (Å²) in [6, 6.07) is 14.0. The number of carbonyl (C=O) groups is 3. The van der Waals surface area contributed by atoms with Crippen LogP contribution in [0.1, 0.15) is 50.5 Å². The maximum absolute atomic E-state index is 13.1. The van der Waals surface area contributed by atoms with Crippen molar-refractivity contribution in [2.45, 2.75) is 59.4 Å². The number of hydrogen-bond donors (Lipinski definition) is 2. The Bertz CT molecular complexity index is 985. The molecule has 0 saturated carbocycles. The zero-order valence-electron chi connectivity index (χ0n) is 19.2. The maximum Gasteiger partial charge on any atom is 0.411 e. The fourth-order valence-electron chi connectivity index (χ4n) is 3.55. The van der Waals surface area contributed by atoms with Crippen molar-refractivity contribution < 1.29 is 19.1 Å². The Morgan fingerprint density at radius 1 is 1.06 bits per heavy atom. The van der Waals surface area contributed by atoms with Gasteiger partial charge in [-0.3, -0.25) is 14.5 Å². The summed E-state index contributed by atoms with van der Waals surface area (Å²) in [5.41, 5.74) is 3.27. The molecular formula is C25H31N3O4. The summed E-state index contributed by atoms with van der Waals surface area (Å²) in [6.45, 7) is 9.62. The molecule has 0 aromatic heterocycles. The molecule has 1 heterocycles. The van der Waals surface area contributed by atoms with Crippen LogP contribution in [0.2, 0.25) is 0 Å². The van der Waals surface area contributed by atoms with Crippen molar-refractivity contribution in [1.82, 2.24) is 10.2 Å². The Kier molecular flexibility index (Phi) is 7.18. The zero-order chi connectivity index (χ0) is 23.4. The Labute approximate surface area is 189 Å². The van der Waals surface area contributed by atoms with E-state index in [1.54, 1.807) is 24.3 Å². The van der Waals surface area contributed by atoms with E-state index < -0.39 is 18.2 Å². The van der Waals surface area contributed by atoms with Gasteiger partial charge in [-0.05, 0) is 44.0 Å². The number of ether oxygens (including phenoxy) is 1. The van der Waals surface area contributed by atoms with E-state index in [2.05, 4.69) is 10.6 Å². The van der Waals surface area contributed by atoms with Gasteiger partial charge in [0.2, 0.25) is 11.8 Å². The van der Waals surface area contributed by atoms with E-state index >= 15 is 0 Å². The van der Waals surface area contributed by atoms with Crippen LogP contribution in [0.3, 0.4) is 0 Å². The highest BCUT2D eigenvalue weighted by atomic mass is 16.6. The topological polar surface area (TPSA) is 87.7 Å². The minimum Gasteiger partial charge on any atom is -0.438 e. The van der Waals surface area contributed by atoms with E-state index in [0.29, 0.717) is 11.3 Å². The number of nitrogens with one attached hydrogen (secondary N) is 2. The molecule has 0 unspecified atom stereocenters. The first-order valence-corrected chi connectivity index (χ1v) is 10.9. The minimum absolute atomic E-state index is 0.0864. The molecule has 1 saturated heterocycles. The molecule has 7 nitrogen and oxygen atoms in total. The van der Waals surface area contributed by atoms with E-state index in [4.69, 9.17) is 4.74 Å². The second-order valence-corrected chi connectivity index (χ2v) is 8.80. The summed E-state index contributed by atoms with van der Waals surface area (Å²) in [4.78, 5) is 39.5. The van der Waals surface area contributed by atoms with Crippen molar-refractivity contribution in [3.63, 3.8) is 0 Å². The van der Waals surface area contributed by atoms with Crippen LogP contribution < -0.4 is 10.6 Å². The zero-order valence-corrected chi connectivity index (χ0v) is 19.2. The van der Waals surface area contributed by atoms with Crippen LogP contribution in [0, 0.1) is 12.8 Å². The molecule has 1 aliphatic rings. The molecule has 0 spiro atoms. The van der Waals surface area contributed by atoms with Crippen molar-refractivity contribution in [1.29, 1.82) is 0 Å². The number of carbonyl (C=O) groups excluding carboxylic acids is 3. The summed E-state index contributed by atoms with van der Waals surface area (Å²) in [6.07, 6.45) is -1.33. The predicted octanol–water partition coefficient (Wildman–Crippen LogP) is 4.18. The number of amides is 3. The molecule has 2 atom stereocenters. The van der Waals surface area contributed by atoms with Crippen LogP contribution in [0.5, 0.6) is 0 Å². The minimum atomic E-state index is -0.831. The lowest BCUT2D eigenvalue weighted by atomic mass is 9.99. The summed E-state index contributed by atoms with van der Waals surface area (Å²) >= 11 is 0. The SMILES string of the molecule is Cc1ccc(CN2C(=O)O[C@@H](c3cccc(NC(=O)C(C)C)c3)[C@@H]2C(=O)NC(C)C)cc1. The third-order valence-corrected chi connectivity index (χ3v) is 5.27. The Morgan fingerprint density at radius 2 is 1.75 bits per heavy atom. The van der Waals surface area contributed by atoms with Gasteiger partial charge in [0.15, 0.2) is 12.1 Å².